The largest absolute Gasteiger partial charge is 0.480 e. The van der Waals surface area contributed by atoms with Gasteiger partial charge < -0.3 is 15.3 Å². The highest BCUT2D eigenvalue weighted by atomic mass is 16.4. The zero-order valence-electron chi connectivity index (χ0n) is 10.2. The molecule has 0 radical (unpaired) electrons. The number of carbonyl (C=O) groups excluding carboxylic acids is 2. The van der Waals surface area contributed by atoms with Crippen molar-refractivity contribution in [2.45, 2.75) is 31.7 Å². The molecule has 0 aromatic heterocycles. The molecule has 2 N–H and O–H groups in total. The number of hydrogen-bond acceptors (Lipinski definition) is 3. The minimum absolute atomic E-state index is 0.203. The second kappa shape index (κ2) is 6.78. The summed E-state index contributed by atoms with van der Waals surface area (Å²) in [5.41, 5.74) is 0. The van der Waals surface area contributed by atoms with Gasteiger partial charge >= 0.3 is 5.97 Å². The number of piperidine rings is 1. The van der Waals surface area contributed by atoms with Crippen LogP contribution in [0.3, 0.4) is 0 Å². The van der Waals surface area contributed by atoms with Gasteiger partial charge in [-0.1, -0.05) is 6.08 Å². The number of nitrogens with zero attached hydrogens (tertiary/aromatic N) is 1. The van der Waals surface area contributed by atoms with E-state index in [9.17, 15) is 14.4 Å². The number of allylic oxidation sites excluding steroid dienone is 1. The average Bonchev–Trinajstić information content (AvgIpc) is 2.31. The van der Waals surface area contributed by atoms with Crippen LogP contribution >= 0.6 is 0 Å². The Morgan fingerprint density at radius 1 is 1.56 bits per heavy atom. The normalized spacial score (nSPS) is 19.4. The lowest BCUT2D eigenvalue weighted by molar-refractivity contribution is -0.147. The van der Waals surface area contributed by atoms with Crippen molar-refractivity contribution in [3.05, 3.63) is 12.7 Å². The summed E-state index contributed by atoms with van der Waals surface area (Å²) in [5, 5.41) is 11.3. The van der Waals surface area contributed by atoms with Crippen LogP contribution in [0.5, 0.6) is 0 Å². The van der Waals surface area contributed by atoms with Gasteiger partial charge in [-0.2, -0.15) is 0 Å². The molecule has 0 aromatic rings. The molecule has 100 valence electrons. The first-order valence-corrected chi connectivity index (χ1v) is 5.95. The molecule has 0 unspecified atom stereocenters. The Balaban J connectivity index is 2.50. The Morgan fingerprint density at radius 3 is 2.89 bits per heavy atom. The molecule has 6 heteroatoms. The summed E-state index contributed by atoms with van der Waals surface area (Å²) in [4.78, 5) is 35.3. The number of carbonyl (C=O) groups is 3. The molecule has 0 aromatic carbocycles. The van der Waals surface area contributed by atoms with Crippen molar-refractivity contribution in [2.24, 2.45) is 0 Å². The van der Waals surface area contributed by atoms with Crippen LogP contribution in [0.25, 0.3) is 0 Å². The third-order valence-electron chi connectivity index (χ3n) is 2.77. The van der Waals surface area contributed by atoms with Crippen molar-refractivity contribution in [3.63, 3.8) is 0 Å². The van der Waals surface area contributed by atoms with Gasteiger partial charge in [-0.05, 0) is 19.3 Å². The Morgan fingerprint density at radius 2 is 2.28 bits per heavy atom. The Bertz CT molecular complexity index is 354. The van der Waals surface area contributed by atoms with Crippen LogP contribution < -0.4 is 5.32 Å². The number of hydrogen-bond donors (Lipinski definition) is 2. The number of rotatable bonds is 6. The second-order valence-electron chi connectivity index (χ2n) is 4.24. The topological polar surface area (TPSA) is 86.7 Å². The molecule has 0 spiro atoms. The Kier molecular flexibility index (Phi) is 5.35. The van der Waals surface area contributed by atoms with Crippen LogP contribution in [0, 0.1) is 0 Å². The third-order valence-corrected chi connectivity index (χ3v) is 2.77. The molecule has 1 atom stereocenters. The molecule has 2 amide bonds. The van der Waals surface area contributed by atoms with E-state index in [0.717, 1.165) is 0 Å². The first kappa shape index (κ1) is 14.2. The summed E-state index contributed by atoms with van der Waals surface area (Å²) in [6, 6.07) is -0.588. The van der Waals surface area contributed by atoms with Gasteiger partial charge in [0.1, 0.15) is 12.6 Å². The maximum atomic E-state index is 11.9. The number of carboxylic acid groups (broad SMARTS) is 1. The Hall–Kier alpha value is -1.85. The molecule has 1 rings (SSSR count). The van der Waals surface area contributed by atoms with E-state index in [4.69, 9.17) is 5.11 Å². The van der Waals surface area contributed by atoms with Crippen LogP contribution in [-0.2, 0) is 14.4 Å². The van der Waals surface area contributed by atoms with E-state index in [1.165, 1.54) is 4.90 Å². The van der Waals surface area contributed by atoms with Gasteiger partial charge in [0.15, 0.2) is 0 Å². The number of likely N-dealkylation sites (tertiary alicyclic amines) is 1. The quantitative estimate of drug-likeness (QED) is 0.660. The van der Waals surface area contributed by atoms with Gasteiger partial charge in [-0.15, -0.1) is 6.58 Å². The van der Waals surface area contributed by atoms with E-state index >= 15 is 0 Å². The van der Waals surface area contributed by atoms with E-state index < -0.39 is 12.0 Å². The van der Waals surface area contributed by atoms with Gasteiger partial charge in [-0.3, -0.25) is 14.4 Å². The fraction of sp³-hybridized carbons (Fsp3) is 0.583. The minimum atomic E-state index is -1.04. The van der Waals surface area contributed by atoms with Crippen LogP contribution in [0.1, 0.15) is 25.7 Å². The standard InChI is InChI=1S/C12H18N2O4/c1-2-3-6-10(15)13-9-5-4-7-14(12(9)18)8-11(16)17/h2,9H,1,3-8H2,(H,13,15)(H,16,17)/t9-/m0/s1. The Labute approximate surface area is 106 Å². The van der Waals surface area contributed by atoms with Gasteiger partial charge in [0.25, 0.3) is 0 Å². The fourth-order valence-electron chi connectivity index (χ4n) is 1.89. The summed E-state index contributed by atoms with van der Waals surface area (Å²) < 4.78 is 0. The lowest BCUT2D eigenvalue weighted by atomic mass is 10.0. The predicted molar refractivity (Wildman–Crippen MR) is 64.8 cm³/mol. The lowest BCUT2D eigenvalue weighted by Crippen LogP contribution is -2.53. The molecule has 0 bridgehead atoms. The molecule has 6 nitrogen and oxygen atoms in total. The molecule has 1 fully saturated rings. The molecule has 1 saturated heterocycles. The van der Waals surface area contributed by atoms with E-state index in [1.807, 2.05) is 0 Å². The van der Waals surface area contributed by atoms with Crippen LogP contribution in [0.4, 0.5) is 0 Å². The average molecular weight is 254 g/mol. The highest BCUT2D eigenvalue weighted by molar-refractivity contribution is 5.90. The summed E-state index contributed by atoms with van der Waals surface area (Å²) in [6.45, 7) is 3.65. The lowest BCUT2D eigenvalue weighted by Gasteiger charge is -2.31. The highest BCUT2D eigenvalue weighted by Gasteiger charge is 2.30. The monoisotopic (exact) mass is 254 g/mol. The van der Waals surface area contributed by atoms with Gasteiger partial charge in [-0.25, -0.2) is 0 Å². The smallest absolute Gasteiger partial charge is 0.323 e. The molecule has 1 aliphatic heterocycles. The van der Waals surface area contributed by atoms with Crippen molar-refractivity contribution >= 4 is 17.8 Å². The molecule has 0 saturated carbocycles. The SMILES string of the molecule is C=CCCC(=O)N[C@H]1CCCN(CC(=O)O)C1=O. The van der Waals surface area contributed by atoms with Gasteiger partial charge in [0.05, 0.1) is 0 Å². The van der Waals surface area contributed by atoms with E-state index in [0.29, 0.717) is 32.2 Å². The maximum Gasteiger partial charge on any atom is 0.323 e. The zero-order chi connectivity index (χ0) is 13.5. The van der Waals surface area contributed by atoms with E-state index in [-0.39, 0.29) is 18.4 Å². The summed E-state index contributed by atoms with van der Waals surface area (Å²) >= 11 is 0. The first-order valence-electron chi connectivity index (χ1n) is 5.95. The molecule has 18 heavy (non-hydrogen) atoms. The predicted octanol–water partition coefficient (Wildman–Crippen LogP) is 0.144. The van der Waals surface area contributed by atoms with Crippen molar-refractivity contribution in [2.75, 3.05) is 13.1 Å². The van der Waals surface area contributed by atoms with E-state index in [1.54, 1.807) is 6.08 Å². The minimum Gasteiger partial charge on any atom is -0.480 e. The highest BCUT2D eigenvalue weighted by Crippen LogP contribution is 2.11. The molecule has 1 heterocycles. The molecule has 1 aliphatic rings. The number of nitrogens with one attached hydrogen (secondary N) is 1. The number of carboxylic acids is 1. The molecular weight excluding hydrogens is 236 g/mol. The van der Waals surface area contributed by atoms with Crippen LogP contribution in [-0.4, -0.2) is 46.9 Å². The van der Waals surface area contributed by atoms with Crippen LogP contribution in [0.2, 0.25) is 0 Å². The van der Waals surface area contributed by atoms with Crippen molar-refractivity contribution < 1.29 is 19.5 Å². The maximum absolute atomic E-state index is 11.9. The van der Waals surface area contributed by atoms with Crippen molar-refractivity contribution in [3.8, 4) is 0 Å². The number of amides is 2. The van der Waals surface area contributed by atoms with Crippen molar-refractivity contribution in [1.82, 2.24) is 10.2 Å². The summed E-state index contributed by atoms with van der Waals surface area (Å²) in [5.74, 6) is -1.55. The first-order chi connectivity index (χ1) is 8.54. The molecular formula is C12H18N2O4. The molecule has 0 aliphatic carbocycles. The van der Waals surface area contributed by atoms with Crippen molar-refractivity contribution in [1.29, 1.82) is 0 Å². The van der Waals surface area contributed by atoms with E-state index in [2.05, 4.69) is 11.9 Å². The fourth-order valence-corrected chi connectivity index (χ4v) is 1.89. The number of aliphatic carboxylic acids is 1. The zero-order valence-corrected chi connectivity index (χ0v) is 10.2. The van der Waals surface area contributed by atoms with Crippen LogP contribution in [0.15, 0.2) is 12.7 Å². The van der Waals surface area contributed by atoms with Gasteiger partial charge in [0, 0.05) is 13.0 Å². The summed E-state index contributed by atoms with van der Waals surface area (Å²) in [7, 11) is 0. The third kappa shape index (κ3) is 4.20. The summed E-state index contributed by atoms with van der Waals surface area (Å²) in [6.07, 6.45) is 3.76. The van der Waals surface area contributed by atoms with Gasteiger partial charge in [0.2, 0.25) is 11.8 Å². The second-order valence-corrected chi connectivity index (χ2v) is 4.24.